The van der Waals surface area contributed by atoms with Gasteiger partial charge in [-0.1, -0.05) is 5.21 Å². The van der Waals surface area contributed by atoms with Crippen LogP contribution in [0, 0.1) is 0 Å². The van der Waals surface area contributed by atoms with Gasteiger partial charge in [0.1, 0.15) is 0 Å². The first-order valence-corrected chi connectivity index (χ1v) is 5.49. The Labute approximate surface area is 89.6 Å². The lowest BCUT2D eigenvalue weighted by Crippen LogP contribution is -2.13. The fourth-order valence-electron chi connectivity index (χ4n) is 1.65. The van der Waals surface area contributed by atoms with Gasteiger partial charge in [0.05, 0.1) is 24.9 Å². The summed E-state index contributed by atoms with van der Waals surface area (Å²) >= 11 is 0. The van der Waals surface area contributed by atoms with E-state index in [0.29, 0.717) is 18.3 Å². The highest BCUT2D eigenvalue weighted by Gasteiger charge is 2.30. The fourth-order valence-corrected chi connectivity index (χ4v) is 1.65. The Morgan fingerprint density at radius 3 is 2.87 bits per heavy atom. The molecule has 1 aliphatic carbocycles. The molecule has 2 N–H and O–H groups in total. The Bertz CT molecular complexity index is 330. The smallest absolute Gasteiger partial charge is 0.169 e. The van der Waals surface area contributed by atoms with Crippen molar-refractivity contribution in [2.75, 3.05) is 12.3 Å². The quantitative estimate of drug-likeness (QED) is 0.792. The predicted octanol–water partition coefficient (Wildman–Crippen LogP) is 1.16. The van der Waals surface area contributed by atoms with Gasteiger partial charge < -0.3 is 10.5 Å². The van der Waals surface area contributed by atoms with Crippen LogP contribution in [0.1, 0.15) is 38.3 Å². The van der Waals surface area contributed by atoms with Gasteiger partial charge in [-0.2, -0.15) is 0 Å². The summed E-state index contributed by atoms with van der Waals surface area (Å²) < 4.78 is 7.37. The lowest BCUT2D eigenvalue weighted by atomic mass is 10.3. The maximum absolute atomic E-state index is 5.78. The second-order valence-corrected chi connectivity index (χ2v) is 4.28. The molecule has 0 unspecified atom stereocenters. The average Bonchev–Trinajstić information content (AvgIpc) is 2.92. The molecule has 5 heteroatoms. The van der Waals surface area contributed by atoms with Crippen LogP contribution >= 0.6 is 0 Å². The summed E-state index contributed by atoms with van der Waals surface area (Å²) in [4.78, 5) is 0. The van der Waals surface area contributed by atoms with Crippen LogP contribution in [0.25, 0.3) is 0 Å². The Morgan fingerprint density at radius 1 is 1.53 bits per heavy atom. The van der Waals surface area contributed by atoms with Gasteiger partial charge in [-0.15, -0.1) is 5.10 Å². The van der Waals surface area contributed by atoms with Crippen LogP contribution in [0.2, 0.25) is 0 Å². The topological polar surface area (TPSA) is 66.0 Å². The molecule has 0 aliphatic heterocycles. The van der Waals surface area contributed by atoms with Crippen molar-refractivity contribution in [2.24, 2.45) is 0 Å². The second kappa shape index (κ2) is 4.18. The third kappa shape index (κ3) is 2.47. The number of anilines is 1. The van der Waals surface area contributed by atoms with Gasteiger partial charge in [0, 0.05) is 5.92 Å². The molecular formula is C10H18N4O. The number of nitrogens with zero attached hydrogens (tertiary/aromatic N) is 3. The van der Waals surface area contributed by atoms with E-state index in [2.05, 4.69) is 10.3 Å². The molecule has 15 heavy (non-hydrogen) atoms. The van der Waals surface area contributed by atoms with E-state index >= 15 is 0 Å². The minimum atomic E-state index is 0.259. The molecule has 0 bridgehead atoms. The highest BCUT2D eigenvalue weighted by Crippen LogP contribution is 2.41. The molecular weight excluding hydrogens is 192 g/mol. The molecule has 1 aromatic heterocycles. The fraction of sp³-hybridized carbons (Fsp3) is 0.800. The molecule has 2 rings (SSSR count). The van der Waals surface area contributed by atoms with Gasteiger partial charge in [-0.25, -0.2) is 4.68 Å². The summed E-state index contributed by atoms with van der Waals surface area (Å²) in [6, 6.07) is 0. The van der Waals surface area contributed by atoms with Gasteiger partial charge in [-0.05, 0) is 26.7 Å². The Morgan fingerprint density at radius 2 is 2.27 bits per heavy atom. The monoisotopic (exact) mass is 210 g/mol. The third-order valence-corrected chi connectivity index (χ3v) is 2.52. The van der Waals surface area contributed by atoms with E-state index in [9.17, 15) is 0 Å². The first-order valence-electron chi connectivity index (χ1n) is 5.49. The van der Waals surface area contributed by atoms with E-state index in [-0.39, 0.29) is 6.10 Å². The van der Waals surface area contributed by atoms with Gasteiger partial charge >= 0.3 is 0 Å². The Hall–Kier alpha value is -1.10. The van der Waals surface area contributed by atoms with Gasteiger partial charge in [0.15, 0.2) is 5.82 Å². The van der Waals surface area contributed by atoms with Crippen LogP contribution in [0.3, 0.4) is 0 Å². The number of nitrogen functional groups attached to an aromatic ring is 1. The normalized spacial score (nSPS) is 16.2. The number of rotatable bonds is 5. The lowest BCUT2D eigenvalue weighted by Gasteiger charge is -2.08. The number of hydrogen-bond acceptors (Lipinski definition) is 4. The van der Waals surface area contributed by atoms with Crippen molar-refractivity contribution < 1.29 is 4.74 Å². The number of ether oxygens (including phenoxy) is 1. The third-order valence-electron chi connectivity index (χ3n) is 2.52. The van der Waals surface area contributed by atoms with Gasteiger partial charge in [0.25, 0.3) is 0 Å². The number of hydrogen-bond donors (Lipinski definition) is 1. The van der Waals surface area contributed by atoms with Crippen LogP contribution in [-0.4, -0.2) is 27.7 Å². The first-order chi connectivity index (χ1) is 7.18. The molecule has 0 atom stereocenters. The van der Waals surface area contributed by atoms with E-state index in [1.807, 2.05) is 18.5 Å². The average molecular weight is 210 g/mol. The molecule has 0 saturated heterocycles. The van der Waals surface area contributed by atoms with Crippen molar-refractivity contribution >= 4 is 5.82 Å². The summed E-state index contributed by atoms with van der Waals surface area (Å²) in [7, 11) is 0. The molecule has 5 nitrogen and oxygen atoms in total. The first kappa shape index (κ1) is 10.4. The Kier molecular flexibility index (Phi) is 2.90. The number of nitrogens with two attached hydrogens (primary N) is 1. The van der Waals surface area contributed by atoms with Crippen LogP contribution in [0.5, 0.6) is 0 Å². The zero-order valence-electron chi connectivity index (χ0n) is 9.31. The molecule has 0 amide bonds. The van der Waals surface area contributed by atoms with E-state index in [0.717, 1.165) is 12.2 Å². The minimum absolute atomic E-state index is 0.259. The number of aromatic nitrogens is 3. The molecule has 1 aromatic rings. The van der Waals surface area contributed by atoms with Crippen molar-refractivity contribution in [3.63, 3.8) is 0 Å². The molecule has 1 aliphatic rings. The summed E-state index contributed by atoms with van der Waals surface area (Å²) in [5.74, 6) is 1.17. The van der Waals surface area contributed by atoms with Crippen LogP contribution < -0.4 is 5.73 Å². The van der Waals surface area contributed by atoms with Gasteiger partial charge in [0.2, 0.25) is 0 Å². The molecule has 0 radical (unpaired) electrons. The van der Waals surface area contributed by atoms with Crippen molar-refractivity contribution in [2.45, 2.75) is 45.3 Å². The highest BCUT2D eigenvalue weighted by molar-refractivity contribution is 5.38. The summed E-state index contributed by atoms with van der Waals surface area (Å²) in [5.41, 5.74) is 6.88. The van der Waals surface area contributed by atoms with Crippen molar-refractivity contribution in [3.8, 4) is 0 Å². The molecule has 1 fully saturated rings. The largest absolute Gasteiger partial charge is 0.381 e. The van der Waals surface area contributed by atoms with Crippen LogP contribution in [0.15, 0.2) is 0 Å². The van der Waals surface area contributed by atoms with E-state index in [1.54, 1.807) is 0 Å². The predicted molar refractivity (Wildman–Crippen MR) is 57.5 cm³/mol. The SMILES string of the molecule is CC(C)OCCn1nnc(N)c1C1CC1. The molecule has 0 spiro atoms. The summed E-state index contributed by atoms with van der Waals surface area (Å²) in [6.07, 6.45) is 2.68. The maximum Gasteiger partial charge on any atom is 0.169 e. The zero-order valence-corrected chi connectivity index (χ0v) is 9.31. The summed E-state index contributed by atoms with van der Waals surface area (Å²) in [6.45, 7) is 5.46. The van der Waals surface area contributed by atoms with Crippen molar-refractivity contribution in [1.82, 2.24) is 15.0 Å². The molecule has 84 valence electrons. The molecule has 1 saturated carbocycles. The maximum atomic E-state index is 5.78. The Balaban J connectivity index is 1.95. The summed E-state index contributed by atoms with van der Waals surface area (Å²) in [5, 5.41) is 7.95. The van der Waals surface area contributed by atoms with E-state index < -0.39 is 0 Å². The molecule has 0 aromatic carbocycles. The highest BCUT2D eigenvalue weighted by atomic mass is 16.5. The van der Waals surface area contributed by atoms with Crippen LogP contribution in [-0.2, 0) is 11.3 Å². The minimum Gasteiger partial charge on any atom is -0.381 e. The van der Waals surface area contributed by atoms with E-state index in [1.165, 1.54) is 12.8 Å². The second-order valence-electron chi connectivity index (χ2n) is 4.28. The van der Waals surface area contributed by atoms with Gasteiger partial charge in [-0.3, -0.25) is 0 Å². The van der Waals surface area contributed by atoms with Crippen molar-refractivity contribution in [1.29, 1.82) is 0 Å². The van der Waals surface area contributed by atoms with Crippen molar-refractivity contribution in [3.05, 3.63) is 5.69 Å². The molecule has 1 heterocycles. The van der Waals surface area contributed by atoms with E-state index in [4.69, 9.17) is 10.5 Å². The zero-order chi connectivity index (χ0) is 10.8. The lowest BCUT2D eigenvalue weighted by molar-refractivity contribution is 0.0702. The van der Waals surface area contributed by atoms with Crippen LogP contribution in [0.4, 0.5) is 5.82 Å². The standard InChI is InChI=1S/C10H18N4O/c1-7(2)15-6-5-14-9(8-3-4-8)10(11)12-13-14/h7-8H,3-6,11H2,1-2H3.